The SMILES string of the molecule is O=C(c1cnn(C2CNC2)n1)N1CCc2ccccc21. The molecule has 2 aliphatic rings. The van der Waals surface area contributed by atoms with E-state index in [1.165, 1.54) is 5.56 Å². The fourth-order valence-electron chi connectivity index (χ4n) is 2.67. The molecule has 102 valence electrons. The van der Waals surface area contributed by atoms with Crippen LogP contribution in [0, 0.1) is 0 Å². The number of carbonyl (C=O) groups excluding carboxylic acids is 1. The van der Waals surface area contributed by atoms with Gasteiger partial charge in [-0.25, -0.2) is 0 Å². The summed E-state index contributed by atoms with van der Waals surface area (Å²) in [5.74, 6) is -0.0616. The number of rotatable bonds is 2. The van der Waals surface area contributed by atoms with E-state index in [1.54, 1.807) is 15.9 Å². The summed E-state index contributed by atoms with van der Waals surface area (Å²) in [5, 5.41) is 11.7. The van der Waals surface area contributed by atoms with Crippen molar-refractivity contribution in [2.24, 2.45) is 0 Å². The first-order chi connectivity index (χ1) is 9.83. The van der Waals surface area contributed by atoms with Gasteiger partial charge in [-0.1, -0.05) is 18.2 Å². The van der Waals surface area contributed by atoms with Crippen molar-refractivity contribution in [3.63, 3.8) is 0 Å². The number of nitrogens with zero attached hydrogens (tertiary/aromatic N) is 4. The van der Waals surface area contributed by atoms with Crippen molar-refractivity contribution in [1.29, 1.82) is 0 Å². The Kier molecular flexibility index (Phi) is 2.56. The van der Waals surface area contributed by atoms with Crippen LogP contribution in [-0.4, -0.2) is 40.5 Å². The molecule has 2 aliphatic heterocycles. The molecule has 1 amide bonds. The highest BCUT2D eigenvalue weighted by atomic mass is 16.2. The molecule has 0 bridgehead atoms. The van der Waals surface area contributed by atoms with Crippen molar-refractivity contribution in [3.05, 3.63) is 41.7 Å². The Hall–Kier alpha value is -2.21. The lowest BCUT2D eigenvalue weighted by Gasteiger charge is -2.25. The zero-order valence-electron chi connectivity index (χ0n) is 11.0. The third-order valence-corrected chi connectivity index (χ3v) is 3.95. The van der Waals surface area contributed by atoms with Crippen LogP contribution in [0.2, 0.25) is 0 Å². The first kappa shape index (κ1) is 11.6. The number of aromatic nitrogens is 3. The molecule has 6 heteroatoms. The number of nitrogens with one attached hydrogen (secondary N) is 1. The molecule has 1 saturated heterocycles. The lowest BCUT2D eigenvalue weighted by Crippen LogP contribution is -2.44. The number of fused-ring (bicyclic) bond motifs is 1. The van der Waals surface area contributed by atoms with Crippen molar-refractivity contribution in [2.45, 2.75) is 12.5 Å². The van der Waals surface area contributed by atoms with Gasteiger partial charge in [0.1, 0.15) is 0 Å². The fraction of sp³-hybridized carbons (Fsp3) is 0.357. The number of amides is 1. The zero-order valence-corrected chi connectivity index (χ0v) is 11.0. The molecular formula is C14H15N5O. The average molecular weight is 269 g/mol. The Balaban J connectivity index is 1.60. The van der Waals surface area contributed by atoms with E-state index in [0.717, 1.165) is 31.7 Å². The van der Waals surface area contributed by atoms with E-state index in [4.69, 9.17) is 0 Å². The molecule has 6 nitrogen and oxygen atoms in total. The summed E-state index contributed by atoms with van der Waals surface area (Å²) in [6.07, 6.45) is 2.48. The van der Waals surface area contributed by atoms with Gasteiger partial charge in [0.15, 0.2) is 5.69 Å². The van der Waals surface area contributed by atoms with Gasteiger partial charge in [0.25, 0.3) is 5.91 Å². The number of benzene rings is 1. The quantitative estimate of drug-likeness (QED) is 0.868. The Labute approximate surface area is 116 Å². The van der Waals surface area contributed by atoms with Gasteiger partial charge in [0.05, 0.1) is 12.2 Å². The normalized spacial score (nSPS) is 17.9. The van der Waals surface area contributed by atoms with Crippen LogP contribution < -0.4 is 10.2 Å². The fourth-order valence-corrected chi connectivity index (χ4v) is 2.67. The zero-order chi connectivity index (χ0) is 13.5. The largest absolute Gasteiger partial charge is 0.312 e. The maximum atomic E-state index is 12.5. The molecule has 3 heterocycles. The maximum absolute atomic E-state index is 12.5. The number of carbonyl (C=O) groups is 1. The third-order valence-electron chi connectivity index (χ3n) is 3.95. The molecule has 0 aliphatic carbocycles. The summed E-state index contributed by atoms with van der Waals surface area (Å²) >= 11 is 0. The highest BCUT2D eigenvalue weighted by Crippen LogP contribution is 2.28. The van der Waals surface area contributed by atoms with Crippen LogP contribution >= 0.6 is 0 Å². The predicted octanol–water partition coefficient (Wildman–Crippen LogP) is 0.625. The van der Waals surface area contributed by atoms with Crippen LogP contribution in [-0.2, 0) is 6.42 Å². The van der Waals surface area contributed by atoms with Gasteiger partial charge in [0, 0.05) is 25.3 Å². The van der Waals surface area contributed by atoms with Gasteiger partial charge < -0.3 is 10.2 Å². The molecule has 0 saturated carbocycles. The number of hydrogen-bond donors (Lipinski definition) is 1. The molecule has 0 radical (unpaired) electrons. The molecular weight excluding hydrogens is 254 g/mol. The van der Waals surface area contributed by atoms with Crippen LogP contribution in [0.4, 0.5) is 5.69 Å². The number of para-hydroxylation sites is 1. The molecule has 1 N–H and O–H groups in total. The standard InChI is InChI=1S/C14H15N5O/c20-14(12-9-16-19(17-12)11-7-15-8-11)18-6-5-10-3-1-2-4-13(10)18/h1-4,9,11,15H,5-8H2. The Morgan fingerprint density at radius 3 is 2.95 bits per heavy atom. The second kappa shape index (κ2) is 4.42. The first-order valence-corrected chi connectivity index (χ1v) is 6.85. The van der Waals surface area contributed by atoms with Crippen molar-refractivity contribution in [1.82, 2.24) is 20.3 Å². The van der Waals surface area contributed by atoms with Crippen LogP contribution in [0.15, 0.2) is 30.5 Å². The van der Waals surface area contributed by atoms with Crippen molar-refractivity contribution in [2.75, 3.05) is 24.5 Å². The van der Waals surface area contributed by atoms with Crippen LogP contribution in [0.3, 0.4) is 0 Å². The molecule has 0 unspecified atom stereocenters. The lowest BCUT2D eigenvalue weighted by molar-refractivity contribution is 0.0983. The van der Waals surface area contributed by atoms with E-state index in [1.807, 2.05) is 18.2 Å². The van der Waals surface area contributed by atoms with Gasteiger partial charge >= 0.3 is 0 Å². The van der Waals surface area contributed by atoms with Crippen LogP contribution in [0.25, 0.3) is 0 Å². The molecule has 20 heavy (non-hydrogen) atoms. The van der Waals surface area contributed by atoms with Crippen molar-refractivity contribution < 1.29 is 4.79 Å². The van der Waals surface area contributed by atoms with E-state index >= 15 is 0 Å². The van der Waals surface area contributed by atoms with Gasteiger partial charge in [-0.2, -0.15) is 9.90 Å². The molecule has 2 aromatic rings. The Morgan fingerprint density at radius 2 is 2.15 bits per heavy atom. The monoisotopic (exact) mass is 269 g/mol. The summed E-state index contributed by atoms with van der Waals surface area (Å²) in [7, 11) is 0. The van der Waals surface area contributed by atoms with E-state index in [-0.39, 0.29) is 11.9 Å². The number of hydrogen-bond acceptors (Lipinski definition) is 4. The van der Waals surface area contributed by atoms with Gasteiger partial charge in [0.2, 0.25) is 0 Å². The third kappa shape index (κ3) is 1.72. The maximum Gasteiger partial charge on any atom is 0.280 e. The molecule has 0 spiro atoms. The molecule has 1 aromatic heterocycles. The van der Waals surface area contributed by atoms with Crippen LogP contribution in [0.1, 0.15) is 22.1 Å². The highest BCUT2D eigenvalue weighted by molar-refractivity contribution is 6.05. The minimum atomic E-state index is -0.0616. The first-order valence-electron chi connectivity index (χ1n) is 6.85. The van der Waals surface area contributed by atoms with Crippen LogP contribution in [0.5, 0.6) is 0 Å². The molecule has 1 fully saturated rings. The minimum absolute atomic E-state index is 0.0616. The topological polar surface area (TPSA) is 63.1 Å². The van der Waals surface area contributed by atoms with Gasteiger partial charge in [-0.05, 0) is 18.1 Å². The Morgan fingerprint density at radius 1 is 1.30 bits per heavy atom. The van der Waals surface area contributed by atoms with Gasteiger partial charge in [-0.3, -0.25) is 4.79 Å². The minimum Gasteiger partial charge on any atom is -0.312 e. The van der Waals surface area contributed by atoms with Crippen molar-refractivity contribution in [3.8, 4) is 0 Å². The second-order valence-corrected chi connectivity index (χ2v) is 5.20. The van der Waals surface area contributed by atoms with E-state index in [0.29, 0.717) is 5.69 Å². The smallest absolute Gasteiger partial charge is 0.280 e. The lowest BCUT2D eigenvalue weighted by atomic mass is 10.2. The van der Waals surface area contributed by atoms with E-state index < -0.39 is 0 Å². The van der Waals surface area contributed by atoms with E-state index in [2.05, 4.69) is 21.6 Å². The van der Waals surface area contributed by atoms with Gasteiger partial charge in [-0.15, -0.1) is 5.10 Å². The summed E-state index contributed by atoms with van der Waals surface area (Å²) in [6.45, 7) is 2.46. The molecule has 1 aromatic carbocycles. The highest BCUT2D eigenvalue weighted by Gasteiger charge is 2.28. The summed E-state index contributed by atoms with van der Waals surface area (Å²) in [6, 6.07) is 8.30. The molecule has 0 atom stereocenters. The predicted molar refractivity (Wildman–Crippen MR) is 73.8 cm³/mol. The summed E-state index contributed by atoms with van der Waals surface area (Å²) < 4.78 is 0. The van der Waals surface area contributed by atoms with E-state index in [9.17, 15) is 4.79 Å². The second-order valence-electron chi connectivity index (χ2n) is 5.20. The summed E-state index contributed by atoms with van der Waals surface area (Å²) in [4.78, 5) is 16.0. The molecule has 4 rings (SSSR count). The number of anilines is 1. The Bertz CT molecular complexity index is 661. The average Bonchev–Trinajstić information content (AvgIpc) is 3.02. The summed E-state index contributed by atoms with van der Waals surface area (Å²) in [5.41, 5.74) is 2.64. The van der Waals surface area contributed by atoms with Crippen molar-refractivity contribution >= 4 is 11.6 Å².